The summed E-state index contributed by atoms with van der Waals surface area (Å²) in [6.45, 7) is 3.23. The van der Waals surface area contributed by atoms with E-state index in [0.29, 0.717) is 16.4 Å². The number of benzene rings is 1. The van der Waals surface area contributed by atoms with Gasteiger partial charge in [0.05, 0.1) is 0 Å². The normalized spacial score (nSPS) is 11.5. The fourth-order valence-electron chi connectivity index (χ4n) is 1.19. The number of hydrogen-bond donors (Lipinski definition) is 1. The minimum atomic E-state index is 0.0396. The largest absolute Gasteiger partial charge is 0.506 e. The van der Waals surface area contributed by atoms with Gasteiger partial charge in [0.15, 0.2) is 0 Å². The fraction of sp³-hybridized carbons (Fsp3) is 0.273. The van der Waals surface area contributed by atoms with Gasteiger partial charge in [-0.3, -0.25) is 9.79 Å². The summed E-state index contributed by atoms with van der Waals surface area (Å²) in [5.41, 5.74) is 1.04. The molecule has 1 aromatic carbocycles. The van der Waals surface area contributed by atoms with Crippen LogP contribution in [0.1, 0.15) is 20.3 Å². The molecule has 0 radical (unpaired) electrons. The lowest BCUT2D eigenvalue weighted by molar-refractivity contribution is -0.115. The van der Waals surface area contributed by atoms with Crippen LogP contribution in [0.4, 0.5) is 5.69 Å². The summed E-state index contributed by atoms with van der Waals surface area (Å²) < 4.78 is 0. The Kier molecular flexibility index (Phi) is 3.86. The molecule has 1 rings (SSSR count). The predicted molar refractivity (Wildman–Crippen MR) is 61.2 cm³/mol. The van der Waals surface area contributed by atoms with E-state index in [1.54, 1.807) is 19.1 Å². The first-order chi connectivity index (χ1) is 6.99. The number of phenolic OH excluding ortho intramolecular Hbond substituents is 1. The second-order valence-corrected chi connectivity index (χ2v) is 3.80. The van der Waals surface area contributed by atoms with E-state index in [0.717, 1.165) is 0 Å². The number of ketones is 1. The molecule has 0 fully saturated rings. The molecule has 1 aromatic rings. The molecule has 0 amide bonds. The Morgan fingerprint density at radius 3 is 2.73 bits per heavy atom. The van der Waals surface area contributed by atoms with Crippen LogP contribution in [-0.2, 0) is 4.79 Å². The minimum absolute atomic E-state index is 0.0396. The third-order valence-electron chi connectivity index (χ3n) is 1.75. The van der Waals surface area contributed by atoms with Crippen LogP contribution in [0.2, 0.25) is 5.02 Å². The van der Waals surface area contributed by atoms with Crippen molar-refractivity contribution in [2.45, 2.75) is 20.3 Å². The number of nitrogens with zero attached hydrogens (tertiary/aromatic N) is 1. The summed E-state index contributed by atoms with van der Waals surface area (Å²) >= 11 is 5.76. The van der Waals surface area contributed by atoms with Crippen LogP contribution >= 0.6 is 11.6 Å². The molecule has 0 heterocycles. The number of carbonyl (C=O) groups is 1. The molecule has 3 nitrogen and oxygen atoms in total. The molecule has 0 saturated heterocycles. The molecule has 0 aromatic heterocycles. The summed E-state index contributed by atoms with van der Waals surface area (Å²) in [5, 5.41) is 9.97. The number of phenols is 1. The van der Waals surface area contributed by atoms with E-state index in [1.807, 2.05) is 0 Å². The van der Waals surface area contributed by atoms with Gasteiger partial charge in [0.2, 0.25) is 0 Å². The lowest BCUT2D eigenvalue weighted by Crippen LogP contribution is -1.98. The van der Waals surface area contributed by atoms with Gasteiger partial charge in [-0.25, -0.2) is 0 Å². The highest BCUT2D eigenvalue weighted by Crippen LogP contribution is 2.29. The molecule has 0 atom stereocenters. The van der Waals surface area contributed by atoms with Crippen LogP contribution in [0, 0.1) is 0 Å². The molecule has 80 valence electrons. The molecule has 15 heavy (non-hydrogen) atoms. The maximum Gasteiger partial charge on any atom is 0.141 e. The second-order valence-electron chi connectivity index (χ2n) is 3.36. The van der Waals surface area contributed by atoms with Crippen molar-refractivity contribution in [1.29, 1.82) is 0 Å². The zero-order chi connectivity index (χ0) is 11.4. The van der Waals surface area contributed by atoms with Crippen molar-refractivity contribution in [3.63, 3.8) is 0 Å². The Labute approximate surface area is 93.4 Å². The highest BCUT2D eigenvalue weighted by molar-refractivity contribution is 6.30. The van der Waals surface area contributed by atoms with E-state index in [-0.39, 0.29) is 18.0 Å². The molecule has 0 aliphatic carbocycles. The van der Waals surface area contributed by atoms with E-state index in [9.17, 15) is 9.90 Å². The summed E-state index contributed by atoms with van der Waals surface area (Å²) in [6, 6.07) is 4.61. The molecule has 0 saturated carbocycles. The second kappa shape index (κ2) is 4.94. The van der Waals surface area contributed by atoms with Crippen LogP contribution in [-0.4, -0.2) is 16.6 Å². The first kappa shape index (κ1) is 11.7. The Balaban J connectivity index is 2.96. The van der Waals surface area contributed by atoms with E-state index in [4.69, 9.17) is 11.6 Å². The maximum absolute atomic E-state index is 10.8. The predicted octanol–water partition coefficient (Wildman–Crippen LogP) is 3.12. The standard InChI is InChI=1S/C11H12ClNO2/c1-7(5-8(2)14)13-10-6-9(12)3-4-11(10)15/h3-4,6,15H,5H2,1-2H3. The molecule has 0 spiro atoms. The monoisotopic (exact) mass is 225 g/mol. The van der Waals surface area contributed by atoms with E-state index in [1.165, 1.54) is 13.0 Å². The SMILES string of the molecule is CC(=O)CC(C)=Nc1cc(Cl)ccc1O. The van der Waals surface area contributed by atoms with E-state index in [2.05, 4.69) is 4.99 Å². The van der Waals surface area contributed by atoms with Crippen LogP contribution in [0.25, 0.3) is 0 Å². The average Bonchev–Trinajstić information content (AvgIpc) is 2.10. The van der Waals surface area contributed by atoms with Crippen molar-refractivity contribution >= 4 is 28.8 Å². The third-order valence-corrected chi connectivity index (χ3v) is 1.99. The van der Waals surface area contributed by atoms with Gasteiger partial charge < -0.3 is 5.11 Å². The van der Waals surface area contributed by atoms with Crippen LogP contribution < -0.4 is 0 Å². The lowest BCUT2D eigenvalue weighted by Gasteiger charge is -2.01. The van der Waals surface area contributed by atoms with Crippen LogP contribution in [0.15, 0.2) is 23.2 Å². The summed E-state index contributed by atoms with van der Waals surface area (Å²) in [5.74, 6) is 0.0973. The summed E-state index contributed by atoms with van der Waals surface area (Å²) in [4.78, 5) is 14.9. The average molecular weight is 226 g/mol. The number of hydrogen-bond acceptors (Lipinski definition) is 3. The molecule has 4 heteroatoms. The van der Waals surface area contributed by atoms with Gasteiger partial charge in [0.1, 0.15) is 17.2 Å². The lowest BCUT2D eigenvalue weighted by atomic mass is 10.2. The topological polar surface area (TPSA) is 49.7 Å². The maximum atomic E-state index is 10.8. The molecular weight excluding hydrogens is 214 g/mol. The number of rotatable bonds is 3. The summed E-state index contributed by atoms with van der Waals surface area (Å²) in [7, 11) is 0. The Bertz CT molecular complexity index is 413. The van der Waals surface area contributed by atoms with Crippen molar-refractivity contribution in [2.24, 2.45) is 4.99 Å². The quantitative estimate of drug-likeness (QED) is 0.804. The van der Waals surface area contributed by atoms with Gasteiger partial charge in [-0.15, -0.1) is 0 Å². The minimum Gasteiger partial charge on any atom is -0.506 e. The highest BCUT2D eigenvalue weighted by atomic mass is 35.5. The third kappa shape index (κ3) is 3.72. The van der Waals surface area contributed by atoms with Crippen molar-refractivity contribution in [3.8, 4) is 5.75 Å². The van der Waals surface area contributed by atoms with Crippen molar-refractivity contribution in [2.75, 3.05) is 0 Å². The van der Waals surface area contributed by atoms with Gasteiger partial charge in [-0.05, 0) is 32.0 Å². The van der Waals surface area contributed by atoms with Crippen molar-refractivity contribution in [1.82, 2.24) is 0 Å². The molecule has 0 aliphatic rings. The Morgan fingerprint density at radius 1 is 1.47 bits per heavy atom. The zero-order valence-electron chi connectivity index (χ0n) is 8.62. The summed E-state index contributed by atoms with van der Waals surface area (Å²) in [6.07, 6.45) is 0.284. The smallest absolute Gasteiger partial charge is 0.141 e. The molecule has 0 aliphatic heterocycles. The van der Waals surface area contributed by atoms with Crippen molar-refractivity contribution < 1.29 is 9.90 Å². The fourth-order valence-corrected chi connectivity index (χ4v) is 1.36. The number of aromatic hydroxyl groups is 1. The van der Waals surface area contributed by atoms with Crippen LogP contribution in [0.3, 0.4) is 0 Å². The van der Waals surface area contributed by atoms with Gasteiger partial charge in [0, 0.05) is 17.2 Å². The van der Waals surface area contributed by atoms with Crippen LogP contribution in [0.5, 0.6) is 5.75 Å². The Morgan fingerprint density at radius 2 is 2.13 bits per heavy atom. The number of halogens is 1. The molecule has 1 N–H and O–H groups in total. The van der Waals surface area contributed by atoms with Gasteiger partial charge in [-0.1, -0.05) is 11.6 Å². The Hall–Kier alpha value is -1.35. The number of Topliss-reactive ketones (excluding diaryl/α,β-unsaturated/α-hetero) is 1. The molecule has 0 bridgehead atoms. The van der Waals surface area contributed by atoms with Gasteiger partial charge in [0.25, 0.3) is 0 Å². The first-order valence-electron chi connectivity index (χ1n) is 4.51. The van der Waals surface area contributed by atoms with E-state index >= 15 is 0 Å². The van der Waals surface area contributed by atoms with Gasteiger partial charge >= 0.3 is 0 Å². The molecular formula is C11H12ClNO2. The van der Waals surface area contributed by atoms with E-state index < -0.39 is 0 Å². The highest BCUT2D eigenvalue weighted by Gasteiger charge is 2.02. The van der Waals surface area contributed by atoms with Gasteiger partial charge in [-0.2, -0.15) is 0 Å². The first-order valence-corrected chi connectivity index (χ1v) is 4.89. The zero-order valence-corrected chi connectivity index (χ0v) is 9.38. The number of carbonyl (C=O) groups excluding carboxylic acids is 1. The number of aliphatic imine (C=N–C) groups is 1. The van der Waals surface area contributed by atoms with Crippen molar-refractivity contribution in [3.05, 3.63) is 23.2 Å². The molecule has 0 unspecified atom stereocenters.